The van der Waals surface area contributed by atoms with Gasteiger partial charge in [-0.1, -0.05) is 26.7 Å². The molecule has 0 radical (unpaired) electrons. The molecule has 2 rings (SSSR count). The molecule has 1 aliphatic rings. The van der Waals surface area contributed by atoms with Gasteiger partial charge in [0.05, 0.1) is 0 Å². The molecule has 1 amide bonds. The Morgan fingerprint density at radius 2 is 1.77 bits per heavy atom. The second-order valence-electron chi connectivity index (χ2n) is 6.69. The molecule has 0 unspecified atom stereocenters. The zero-order valence-corrected chi connectivity index (χ0v) is 15.5. The Bertz CT molecular complexity index is 626. The summed E-state index contributed by atoms with van der Waals surface area (Å²) in [4.78, 5) is 35.2. The van der Waals surface area contributed by atoms with Crippen LogP contribution in [0, 0.1) is 5.92 Å². The predicted molar refractivity (Wildman–Crippen MR) is 97.1 cm³/mol. The first-order valence-electron chi connectivity index (χ1n) is 9.20. The number of ether oxygens (including phenoxy) is 2. The van der Waals surface area contributed by atoms with Gasteiger partial charge in [0.2, 0.25) is 0 Å². The molecule has 2 atom stereocenters. The minimum atomic E-state index is -0.606. The van der Waals surface area contributed by atoms with Crippen LogP contribution >= 0.6 is 0 Å². The molecule has 1 saturated carbocycles. The van der Waals surface area contributed by atoms with Crippen LogP contribution in [0.2, 0.25) is 0 Å². The number of ketones is 1. The highest BCUT2D eigenvalue weighted by molar-refractivity contribution is 5.95. The molecule has 0 heterocycles. The average molecular weight is 361 g/mol. The smallest absolute Gasteiger partial charge is 0.344 e. The summed E-state index contributed by atoms with van der Waals surface area (Å²) in [6.45, 7) is 3.35. The van der Waals surface area contributed by atoms with Gasteiger partial charge >= 0.3 is 5.97 Å². The molecule has 1 fully saturated rings. The third kappa shape index (κ3) is 6.17. The van der Waals surface area contributed by atoms with E-state index in [-0.39, 0.29) is 30.9 Å². The monoisotopic (exact) mass is 361 g/mol. The molecule has 142 valence electrons. The van der Waals surface area contributed by atoms with E-state index in [1.165, 1.54) is 6.42 Å². The van der Waals surface area contributed by atoms with Gasteiger partial charge in [-0.3, -0.25) is 9.59 Å². The zero-order valence-electron chi connectivity index (χ0n) is 15.5. The van der Waals surface area contributed by atoms with Crippen molar-refractivity contribution >= 4 is 17.7 Å². The number of amides is 1. The standard InChI is InChI=1S/C20H27NO5/c1-3-18(22)15-8-10-16(11-9-15)25-13-20(24)26-12-19(23)21-17-7-5-4-6-14(17)2/h8-11,14,17H,3-7,12-13H2,1-2H3,(H,21,23)/t14-,17+/m1/s1. The number of esters is 1. The highest BCUT2D eigenvalue weighted by atomic mass is 16.6. The summed E-state index contributed by atoms with van der Waals surface area (Å²) in [7, 11) is 0. The van der Waals surface area contributed by atoms with E-state index in [1.807, 2.05) is 0 Å². The Hall–Kier alpha value is -2.37. The number of Topliss-reactive ketones (excluding diaryl/α,β-unsaturated/α-hetero) is 1. The molecule has 6 heteroatoms. The van der Waals surface area contributed by atoms with Crippen LogP contribution in [-0.4, -0.2) is 36.9 Å². The molecule has 1 aliphatic carbocycles. The van der Waals surface area contributed by atoms with Crippen LogP contribution < -0.4 is 10.1 Å². The second-order valence-corrected chi connectivity index (χ2v) is 6.69. The van der Waals surface area contributed by atoms with Gasteiger partial charge in [0, 0.05) is 18.0 Å². The Morgan fingerprint density at radius 3 is 2.42 bits per heavy atom. The Kier molecular flexibility index (Phi) is 7.63. The number of carbonyl (C=O) groups is 3. The van der Waals surface area contributed by atoms with E-state index in [0.29, 0.717) is 23.7 Å². The summed E-state index contributed by atoms with van der Waals surface area (Å²) in [6, 6.07) is 6.74. The van der Waals surface area contributed by atoms with Gasteiger partial charge in [-0.05, 0) is 43.0 Å². The van der Waals surface area contributed by atoms with Gasteiger partial charge in [0.1, 0.15) is 5.75 Å². The van der Waals surface area contributed by atoms with Crippen LogP contribution in [0.5, 0.6) is 5.75 Å². The molecular formula is C20H27NO5. The number of hydrogen-bond donors (Lipinski definition) is 1. The van der Waals surface area contributed by atoms with Crippen molar-refractivity contribution in [1.82, 2.24) is 5.32 Å². The zero-order chi connectivity index (χ0) is 18.9. The molecule has 0 aliphatic heterocycles. The van der Waals surface area contributed by atoms with E-state index >= 15 is 0 Å². The Labute approximate surface area is 154 Å². The minimum absolute atomic E-state index is 0.0502. The maximum absolute atomic E-state index is 11.9. The first-order valence-corrected chi connectivity index (χ1v) is 9.20. The molecule has 26 heavy (non-hydrogen) atoms. The molecule has 0 spiro atoms. The van der Waals surface area contributed by atoms with Crippen molar-refractivity contribution in [3.05, 3.63) is 29.8 Å². The van der Waals surface area contributed by atoms with Crippen LogP contribution in [-0.2, 0) is 14.3 Å². The van der Waals surface area contributed by atoms with Gasteiger partial charge in [-0.25, -0.2) is 4.79 Å². The fraction of sp³-hybridized carbons (Fsp3) is 0.550. The van der Waals surface area contributed by atoms with Crippen molar-refractivity contribution < 1.29 is 23.9 Å². The van der Waals surface area contributed by atoms with Crippen molar-refractivity contribution in [3.63, 3.8) is 0 Å². The normalized spacial score (nSPS) is 19.5. The van der Waals surface area contributed by atoms with E-state index < -0.39 is 5.97 Å². The molecule has 0 saturated heterocycles. The summed E-state index contributed by atoms with van der Waals surface area (Å²) >= 11 is 0. The first kappa shape index (κ1) is 19.9. The van der Waals surface area contributed by atoms with Crippen molar-refractivity contribution in [1.29, 1.82) is 0 Å². The molecule has 1 aromatic carbocycles. The quantitative estimate of drug-likeness (QED) is 0.569. The summed E-state index contributed by atoms with van der Waals surface area (Å²) in [6.07, 6.45) is 4.84. The molecule has 0 bridgehead atoms. The number of nitrogens with one attached hydrogen (secondary N) is 1. The van der Waals surface area contributed by atoms with Crippen LogP contribution in [0.25, 0.3) is 0 Å². The average Bonchev–Trinajstić information content (AvgIpc) is 2.66. The summed E-state index contributed by atoms with van der Waals surface area (Å²) in [5, 5.41) is 2.93. The topological polar surface area (TPSA) is 81.7 Å². The molecule has 0 aromatic heterocycles. The Morgan fingerprint density at radius 1 is 1.08 bits per heavy atom. The van der Waals surface area contributed by atoms with Crippen molar-refractivity contribution in [2.75, 3.05) is 13.2 Å². The molecule has 6 nitrogen and oxygen atoms in total. The van der Waals surface area contributed by atoms with E-state index in [9.17, 15) is 14.4 Å². The second kappa shape index (κ2) is 9.94. The van der Waals surface area contributed by atoms with E-state index in [1.54, 1.807) is 31.2 Å². The van der Waals surface area contributed by atoms with Gasteiger partial charge in [0.15, 0.2) is 19.0 Å². The van der Waals surface area contributed by atoms with E-state index in [4.69, 9.17) is 9.47 Å². The first-order chi connectivity index (χ1) is 12.5. The van der Waals surface area contributed by atoms with Gasteiger partial charge in [-0.2, -0.15) is 0 Å². The van der Waals surface area contributed by atoms with Crippen LogP contribution in [0.1, 0.15) is 56.3 Å². The van der Waals surface area contributed by atoms with Crippen molar-refractivity contribution in [2.24, 2.45) is 5.92 Å². The molecular weight excluding hydrogens is 334 g/mol. The third-order valence-corrected chi connectivity index (χ3v) is 4.68. The lowest BCUT2D eigenvalue weighted by Gasteiger charge is -2.29. The minimum Gasteiger partial charge on any atom is -0.482 e. The SMILES string of the molecule is CCC(=O)c1ccc(OCC(=O)OCC(=O)N[C@H]2CCCC[C@H]2C)cc1. The number of hydrogen-bond acceptors (Lipinski definition) is 5. The lowest BCUT2D eigenvalue weighted by atomic mass is 9.86. The number of benzene rings is 1. The Balaban J connectivity index is 1.68. The maximum atomic E-state index is 11.9. The van der Waals surface area contributed by atoms with Crippen molar-refractivity contribution in [3.8, 4) is 5.75 Å². The van der Waals surface area contributed by atoms with Gasteiger partial charge in [0.25, 0.3) is 5.91 Å². The maximum Gasteiger partial charge on any atom is 0.344 e. The number of rotatable bonds is 8. The number of carbonyl (C=O) groups excluding carboxylic acids is 3. The lowest BCUT2D eigenvalue weighted by Crippen LogP contribution is -2.43. The van der Waals surface area contributed by atoms with E-state index in [2.05, 4.69) is 12.2 Å². The van der Waals surface area contributed by atoms with Crippen LogP contribution in [0.15, 0.2) is 24.3 Å². The summed E-state index contributed by atoms with van der Waals surface area (Å²) < 4.78 is 10.3. The molecule has 1 N–H and O–H groups in total. The van der Waals surface area contributed by atoms with E-state index in [0.717, 1.165) is 19.3 Å². The highest BCUT2D eigenvalue weighted by Gasteiger charge is 2.23. The van der Waals surface area contributed by atoms with Gasteiger partial charge in [-0.15, -0.1) is 0 Å². The highest BCUT2D eigenvalue weighted by Crippen LogP contribution is 2.23. The molecule has 1 aromatic rings. The van der Waals surface area contributed by atoms with Crippen LogP contribution in [0.3, 0.4) is 0 Å². The van der Waals surface area contributed by atoms with Gasteiger partial charge < -0.3 is 14.8 Å². The summed E-state index contributed by atoms with van der Waals surface area (Å²) in [5.41, 5.74) is 0.607. The largest absolute Gasteiger partial charge is 0.482 e. The summed E-state index contributed by atoms with van der Waals surface area (Å²) in [5.74, 6) is 0.0868. The third-order valence-electron chi connectivity index (χ3n) is 4.68. The fourth-order valence-corrected chi connectivity index (χ4v) is 3.05. The van der Waals surface area contributed by atoms with Crippen LogP contribution in [0.4, 0.5) is 0 Å². The predicted octanol–water partition coefficient (Wildman–Crippen LogP) is 2.90. The lowest BCUT2D eigenvalue weighted by molar-refractivity contribution is -0.150. The fourth-order valence-electron chi connectivity index (χ4n) is 3.05. The van der Waals surface area contributed by atoms with Crippen molar-refractivity contribution in [2.45, 2.75) is 52.0 Å².